The van der Waals surface area contributed by atoms with Crippen molar-refractivity contribution in [2.24, 2.45) is 0 Å². The fraction of sp³-hybridized carbons (Fsp3) is 0.250. The number of hydrogen-bond donors (Lipinski definition) is 1. The highest BCUT2D eigenvalue weighted by Crippen LogP contribution is 2.31. The van der Waals surface area contributed by atoms with E-state index in [1.165, 1.54) is 0 Å². The highest BCUT2D eigenvalue weighted by Gasteiger charge is 2.09. The third kappa shape index (κ3) is 3.60. The molecule has 2 aromatic carbocycles. The quantitative estimate of drug-likeness (QED) is 0.888. The summed E-state index contributed by atoms with van der Waals surface area (Å²) in [5.74, 6) is 1.80. The number of para-hydroxylation sites is 1. The van der Waals surface area contributed by atoms with Crippen LogP contribution in [0, 0.1) is 0 Å². The molecule has 5 heteroatoms. The molecule has 0 heterocycles. The van der Waals surface area contributed by atoms with Gasteiger partial charge in [0.15, 0.2) is 11.5 Å². The standard InChI is InChI=1S/C16H17ClO4/c1-19-14-7-6-11(8-15(14)20-2)10-21-16-12(9-18)4-3-5-13(16)17/h3-8,18H,9-10H2,1-2H3. The first-order valence-electron chi connectivity index (χ1n) is 6.41. The smallest absolute Gasteiger partial charge is 0.161 e. The molecule has 0 fully saturated rings. The Kier molecular flexibility index (Phi) is 5.31. The minimum atomic E-state index is -0.123. The van der Waals surface area contributed by atoms with Crippen molar-refractivity contribution in [1.29, 1.82) is 0 Å². The third-order valence-corrected chi connectivity index (χ3v) is 3.35. The lowest BCUT2D eigenvalue weighted by Gasteiger charge is -2.13. The molecule has 112 valence electrons. The summed E-state index contributed by atoms with van der Waals surface area (Å²) in [5.41, 5.74) is 1.57. The van der Waals surface area contributed by atoms with Crippen molar-refractivity contribution in [1.82, 2.24) is 0 Å². The van der Waals surface area contributed by atoms with E-state index in [-0.39, 0.29) is 6.61 Å². The first kappa shape index (κ1) is 15.5. The SMILES string of the molecule is COc1ccc(COc2c(Cl)cccc2CO)cc1OC. The molecule has 0 aliphatic carbocycles. The second-order valence-corrected chi connectivity index (χ2v) is 4.77. The zero-order valence-corrected chi connectivity index (χ0v) is 12.7. The molecule has 0 spiro atoms. The Balaban J connectivity index is 2.17. The van der Waals surface area contributed by atoms with Gasteiger partial charge in [0, 0.05) is 5.56 Å². The molecule has 0 atom stereocenters. The van der Waals surface area contributed by atoms with Crippen LogP contribution in [0.15, 0.2) is 36.4 Å². The highest BCUT2D eigenvalue weighted by molar-refractivity contribution is 6.32. The van der Waals surface area contributed by atoms with E-state index < -0.39 is 0 Å². The molecular formula is C16H17ClO4. The topological polar surface area (TPSA) is 47.9 Å². The van der Waals surface area contributed by atoms with E-state index in [9.17, 15) is 5.11 Å². The summed E-state index contributed by atoms with van der Waals surface area (Å²) in [7, 11) is 3.17. The van der Waals surface area contributed by atoms with Gasteiger partial charge in [-0.25, -0.2) is 0 Å². The van der Waals surface area contributed by atoms with Gasteiger partial charge in [-0.05, 0) is 23.8 Å². The molecule has 2 aromatic rings. The van der Waals surface area contributed by atoms with Crippen LogP contribution in [-0.4, -0.2) is 19.3 Å². The first-order chi connectivity index (χ1) is 10.2. The summed E-state index contributed by atoms with van der Waals surface area (Å²) < 4.78 is 16.2. The van der Waals surface area contributed by atoms with E-state index in [0.717, 1.165) is 5.56 Å². The molecule has 0 aliphatic heterocycles. The molecule has 2 rings (SSSR count). The van der Waals surface area contributed by atoms with E-state index in [1.54, 1.807) is 32.4 Å². The van der Waals surface area contributed by atoms with Crippen LogP contribution >= 0.6 is 11.6 Å². The van der Waals surface area contributed by atoms with Gasteiger partial charge < -0.3 is 19.3 Å². The maximum absolute atomic E-state index is 9.32. The van der Waals surface area contributed by atoms with E-state index in [1.807, 2.05) is 18.2 Å². The number of methoxy groups -OCH3 is 2. The van der Waals surface area contributed by atoms with Crippen LogP contribution in [0.5, 0.6) is 17.2 Å². The maximum atomic E-state index is 9.32. The Bertz CT molecular complexity index is 613. The molecule has 0 bridgehead atoms. The highest BCUT2D eigenvalue weighted by atomic mass is 35.5. The van der Waals surface area contributed by atoms with Crippen LogP contribution in [0.3, 0.4) is 0 Å². The summed E-state index contributed by atoms with van der Waals surface area (Å²) >= 11 is 6.10. The van der Waals surface area contributed by atoms with E-state index >= 15 is 0 Å². The molecule has 0 saturated heterocycles. The van der Waals surface area contributed by atoms with Gasteiger partial charge in [-0.15, -0.1) is 0 Å². The minimum absolute atomic E-state index is 0.123. The van der Waals surface area contributed by atoms with Crippen molar-refractivity contribution in [2.45, 2.75) is 13.2 Å². The lowest BCUT2D eigenvalue weighted by atomic mass is 10.2. The van der Waals surface area contributed by atoms with Gasteiger partial charge >= 0.3 is 0 Å². The molecule has 0 radical (unpaired) electrons. The number of ether oxygens (including phenoxy) is 3. The predicted octanol–water partition coefficient (Wildman–Crippen LogP) is 3.43. The normalized spacial score (nSPS) is 10.3. The van der Waals surface area contributed by atoms with Gasteiger partial charge in [-0.1, -0.05) is 29.8 Å². The average molecular weight is 309 g/mol. The Labute approximate surface area is 128 Å². The van der Waals surface area contributed by atoms with Crippen LogP contribution in [0.25, 0.3) is 0 Å². The molecule has 21 heavy (non-hydrogen) atoms. The Hall–Kier alpha value is -1.91. The van der Waals surface area contributed by atoms with Crippen LogP contribution in [0.4, 0.5) is 0 Å². The molecule has 0 aromatic heterocycles. The lowest BCUT2D eigenvalue weighted by Crippen LogP contribution is -2.00. The maximum Gasteiger partial charge on any atom is 0.161 e. The fourth-order valence-corrected chi connectivity index (χ4v) is 2.21. The van der Waals surface area contributed by atoms with Crippen LogP contribution in [-0.2, 0) is 13.2 Å². The van der Waals surface area contributed by atoms with Crippen molar-refractivity contribution in [2.75, 3.05) is 14.2 Å². The van der Waals surface area contributed by atoms with Gasteiger partial charge in [-0.2, -0.15) is 0 Å². The van der Waals surface area contributed by atoms with Gasteiger partial charge in [0.2, 0.25) is 0 Å². The zero-order valence-electron chi connectivity index (χ0n) is 11.9. The zero-order chi connectivity index (χ0) is 15.2. The fourth-order valence-electron chi connectivity index (χ4n) is 1.97. The van der Waals surface area contributed by atoms with Gasteiger partial charge in [0.1, 0.15) is 12.4 Å². The van der Waals surface area contributed by atoms with E-state index in [4.69, 9.17) is 25.8 Å². The number of aliphatic hydroxyl groups excluding tert-OH is 1. The van der Waals surface area contributed by atoms with Crippen molar-refractivity contribution >= 4 is 11.6 Å². The van der Waals surface area contributed by atoms with Gasteiger partial charge in [0.25, 0.3) is 0 Å². The summed E-state index contributed by atoms with van der Waals surface area (Å²) in [6.07, 6.45) is 0. The Morgan fingerprint density at radius 2 is 1.81 bits per heavy atom. The van der Waals surface area contributed by atoms with Crippen LogP contribution in [0.1, 0.15) is 11.1 Å². The summed E-state index contributed by atoms with van der Waals surface area (Å²) in [6.45, 7) is 0.193. The average Bonchev–Trinajstić information content (AvgIpc) is 2.53. The van der Waals surface area contributed by atoms with Crippen molar-refractivity contribution < 1.29 is 19.3 Å². The number of halogens is 1. The summed E-state index contributed by atoms with van der Waals surface area (Å²) in [6, 6.07) is 10.8. The molecule has 0 unspecified atom stereocenters. The number of benzene rings is 2. The minimum Gasteiger partial charge on any atom is -0.493 e. The summed E-state index contributed by atoms with van der Waals surface area (Å²) in [5, 5.41) is 9.79. The second kappa shape index (κ2) is 7.20. The lowest BCUT2D eigenvalue weighted by molar-refractivity contribution is 0.258. The monoisotopic (exact) mass is 308 g/mol. The van der Waals surface area contributed by atoms with E-state index in [0.29, 0.717) is 34.4 Å². The van der Waals surface area contributed by atoms with Crippen molar-refractivity contribution in [3.8, 4) is 17.2 Å². The molecule has 0 saturated carbocycles. The molecular weight excluding hydrogens is 292 g/mol. The number of hydrogen-bond acceptors (Lipinski definition) is 4. The first-order valence-corrected chi connectivity index (χ1v) is 6.79. The van der Waals surface area contributed by atoms with E-state index in [2.05, 4.69) is 0 Å². The van der Waals surface area contributed by atoms with Gasteiger partial charge in [-0.3, -0.25) is 0 Å². The van der Waals surface area contributed by atoms with Crippen molar-refractivity contribution in [3.05, 3.63) is 52.5 Å². The third-order valence-electron chi connectivity index (χ3n) is 3.05. The number of rotatable bonds is 6. The molecule has 0 aliphatic rings. The molecule has 4 nitrogen and oxygen atoms in total. The van der Waals surface area contributed by atoms with Crippen LogP contribution < -0.4 is 14.2 Å². The largest absolute Gasteiger partial charge is 0.493 e. The van der Waals surface area contributed by atoms with Gasteiger partial charge in [0.05, 0.1) is 25.8 Å². The molecule has 1 N–H and O–H groups in total. The van der Waals surface area contributed by atoms with Crippen LogP contribution in [0.2, 0.25) is 5.02 Å². The second-order valence-electron chi connectivity index (χ2n) is 4.36. The molecule has 0 amide bonds. The summed E-state index contributed by atoms with van der Waals surface area (Å²) in [4.78, 5) is 0. The Morgan fingerprint density at radius 3 is 2.48 bits per heavy atom. The predicted molar refractivity (Wildman–Crippen MR) is 81.3 cm³/mol. The number of aliphatic hydroxyl groups is 1. The van der Waals surface area contributed by atoms with Crippen molar-refractivity contribution in [3.63, 3.8) is 0 Å². The Morgan fingerprint density at radius 1 is 1.05 bits per heavy atom.